The number of carboxylic acids is 1. The molecule has 4 atom stereocenters. The number of hydrogen-bond donors (Lipinski definition) is 1. The Labute approximate surface area is 105 Å². The first-order valence-electron chi connectivity index (χ1n) is 6.48. The number of fused-ring (bicyclic) bond motifs is 1. The van der Waals surface area contributed by atoms with E-state index in [0.29, 0.717) is 13.1 Å². The Morgan fingerprint density at radius 1 is 1.67 bits per heavy atom. The second kappa shape index (κ2) is 3.82. The highest BCUT2D eigenvalue weighted by molar-refractivity contribution is 5.90. The van der Waals surface area contributed by atoms with Gasteiger partial charge in [0, 0.05) is 6.54 Å². The minimum absolute atomic E-state index is 0.0531. The Bertz CT molecular complexity index is 433. The molecule has 1 N–H and O–H groups in total. The third kappa shape index (κ3) is 1.37. The van der Waals surface area contributed by atoms with Crippen LogP contribution in [0.5, 0.6) is 0 Å². The van der Waals surface area contributed by atoms with Crippen molar-refractivity contribution >= 4 is 11.9 Å². The van der Waals surface area contributed by atoms with Crippen molar-refractivity contribution in [3.05, 3.63) is 12.2 Å². The second-order valence-corrected chi connectivity index (χ2v) is 5.35. The van der Waals surface area contributed by atoms with Crippen molar-refractivity contribution in [3.8, 4) is 0 Å². The number of carboxylic acid groups (broad SMARTS) is 1. The molecule has 3 aliphatic heterocycles. The largest absolute Gasteiger partial charge is 0.481 e. The first-order chi connectivity index (χ1) is 8.59. The number of aliphatic carboxylic acids is 1. The molecule has 0 aliphatic carbocycles. The van der Waals surface area contributed by atoms with Gasteiger partial charge in [-0.3, -0.25) is 9.59 Å². The van der Waals surface area contributed by atoms with E-state index in [1.807, 2.05) is 6.08 Å². The van der Waals surface area contributed by atoms with Crippen molar-refractivity contribution in [3.63, 3.8) is 0 Å². The van der Waals surface area contributed by atoms with Gasteiger partial charge in [-0.25, -0.2) is 0 Å². The molecule has 3 rings (SSSR count). The van der Waals surface area contributed by atoms with Crippen LogP contribution in [0.3, 0.4) is 0 Å². The van der Waals surface area contributed by atoms with Crippen LogP contribution in [0.15, 0.2) is 12.2 Å². The molecule has 5 nitrogen and oxygen atoms in total. The van der Waals surface area contributed by atoms with Crippen LogP contribution in [-0.4, -0.2) is 46.7 Å². The molecule has 18 heavy (non-hydrogen) atoms. The van der Waals surface area contributed by atoms with Gasteiger partial charge in [0.1, 0.15) is 11.5 Å². The van der Waals surface area contributed by atoms with Gasteiger partial charge in [0.25, 0.3) is 0 Å². The zero-order valence-electron chi connectivity index (χ0n) is 10.3. The summed E-state index contributed by atoms with van der Waals surface area (Å²) in [7, 11) is 0. The Morgan fingerprint density at radius 3 is 3.11 bits per heavy atom. The molecule has 5 heteroatoms. The SMILES string of the molecule is CCCCN1C[C@@]23C=C[C@@H](O2)[C@H](C(=O)O)[C@H]3C1=O. The predicted octanol–water partition coefficient (Wildman–Crippen LogP) is 0.653. The fraction of sp³-hybridized carbons (Fsp3) is 0.692. The van der Waals surface area contributed by atoms with E-state index >= 15 is 0 Å². The van der Waals surface area contributed by atoms with Gasteiger partial charge in [-0.15, -0.1) is 0 Å². The van der Waals surface area contributed by atoms with Gasteiger partial charge < -0.3 is 14.7 Å². The fourth-order valence-corrected chi connectivity index (χ4v) is 3.40. The first kappa shape index (κ1) is 11.7. The van der Waals surface area contributed by atoms with Gasteiger partial charge in [-0.05, 0) is 6.42 Å². The van der Waals surface area contributed by atoms with Crippen molar-refractivity contribution in [1.82, 2.24) is 4.90 Å². The number of unbranched alkanes of at least 4 members (excludes halogenated alkanes) is 1. The summed E-state index contributed by atoms with van der Waals surface area (Å²) in [5, 5.41) is 9.27. The molecule has 0 radical (unpaired) electrons. The fourth-order valence-electron chi connectivity index (χ4n) is 3.40. The van der Waals surface area contributed by atoms with Crippen LogP contribution in [0.2, 0.25) is 0 Å². The van der Waals surface area contributed by atoms with Crippen LogP contribution in [0.25, 0.3) is 0 Å². The second-order valence-electron chi connectivity index (χ2n) is 5.35. The molecular formula is C13H17NO4. The molecule has 2 fully saturated rings. The Morgan fingerprint density at radius 2 is 2.44 bits per heavy atom. The van der Waals surface area contributed by atoms with Crippen LogP contribution >= 0.6 is 0 Å². The number of rotatable bonds is 4. The number of carbonyl (C=O) groups excluding carboxylic acids is 1. The van der Waals surface area contributed by atoms with Crippen LogP contribution < -0.4 is 0 Å². The normalized spacial score (nSPS) is 40.6. The smallest absolute Gasteiger partial charge is 0.310 e. The third-order valence-electron chi connectivity index (χ3n) is 4.25. The summed E-state index contributed by atoms with van der Waals surface area (Å²) in [5.41, 5.74) is -0.668. The number of ether oxygens (including phenoxy) is 1. The van der Waals surface area contributed by atoms with E-state index in [1.54, 1.807) is 11.0 Å². The van der Waals surface area contributed by atoms with E-state index in [1.165, 1.54) is 0 Å². The summed E-state index contributed by atoms with van der Waals surface area (Å²) in [6.45, 7) is 3.27. The Kier molecular flexibility index (Phi) is 2.48. The van der Waals surface area contributed by atoms with E-state index in [0.717, 1.165) is 12.8 Å². The molecule has 2 saturated heterocycles. The molecule has 0 aromatic carbocycles. The van der Waals surface area contributed by atoms with Gasteiger partial charge >= 0.3 is 5.97 Å². The number of carbonyl (C=O) groups is 2. The predicted molar refractivity (Wildman–Crippen MR) is 62.8 cm³/mol. The number of hydrogen-bond acceptors (Lipinski definition) is 3. The maximum Gasteiger partial charge on any atom is 0.310 e. The highest BCUT2D eigenvalue weighted by Gasteiger charge is 2.66. The lowest BCUT2D eigenvalue weighted by Crippen LogP contribution is -2.39. The molecule has 98 valence electrons. The Balaban J connectivity index is 1.87. The van der Waals surface area contributed by atoms with Crippen LogP contribution in [0.1, 0.15) is 19.8 Å². The zero-order valence-corrected chi connectivity index (χ0v) is 10.3. The van der Waals surface area contributed by atoms with Gasteiger partial charge in [0.15, 0.2) is 0 Å². The van der Waals surface area contributed by atoms with Crippen molar-refractivity contribution in [1.29, 1.82) is 0 Å². The van der Waals surface area contributed by atoms with E-state index in [-0.39, 0.29) is 5.91 Å². The van der Waals surface area contributed by atoms with Crippen molar-refractivity contribution < 1.29 is 19.4 Å². The summed E-state index contributed by atoms with van der Waals surface area (Å²) in [4.78, 5) is 25.4. The highest BCUT2D eigenvalue weighted by atomic mass is 16.5. The van der Waals surface area contributed by atoms with Crippen molar-refractivity contribution in [2.75, 3.05) is 13.1 Å². The molecule has 3 aliphatic rings. The van der Waals surface area contributed by atoms with Crippen LogP contribution in [0, 0.1) is 11.8 Å². The van der Waals surface area contributed by atoms with Crippen molar-refractivity contribution in [2.45, 2.75) is 31.5 Å². The molecule has 0 saturated carbocycles. The lowest BCUT2D eigenvalue weighted by Gasteiger charge is -2.21. The van der Waals surface area contributed by atoms with Gasteiger partial charge in [0.2, 0.25) is 5.91 Å². The van der Waals surface area contributed by atoms with E-state index in [4.69, 9.17) is 4.74 Å². The molecule has 0 aromatic rings. The lowest BCUT2D eigenvalue weighted by molar-refractivity contribution is -0.148. The maximum absolute atomic E-state index is 12.3. The monoisotopic (exact) mass is 251 g/mol. The van der Waals surface area contributed by atoms with Gasteiger partial charge in [0.05, 0.1) is 18.6 Å². The summed E-state index contributed by atoms with van der Waals surface area (Å²) in [6, 6.07) is 0. The molecule has 0 aromatic heterocycles. The van der Waals surface area contributed by atoms with E-state index in [2.05, 4.69) is 6.92 Å². The topological polar surface area (TPSA) is 66.8 Å². The molecule has 2 bridgehead atoms. The molecule has 1 spiro atoms. The zero-order chi connectivity index (χ0) is 12.9. The summed E-state index contributed by atoms with van der Waals surface area (Å²) in [6.07, 6.45) is 5.23. The quantitative estimate of drug-likeness (QED) is 0.745. The summed E-state index contributed by atoms with van der Waals surface area (Å²) >= 11 is 0. The maximum atomic E-state index is 12.3. The van der Waals surface area contributed by atoms with E-state index < -0.39 is 29.5 Å². The third-order valence-corrected chi connectivity index (χ3v) is 4.25. The average molecular weight is 251 g/mol. The summed E-state index contributed by atoms with van der Waals surface area (Å²) in [5.74, 6) is -2.22. The number of nitrogens with zero attached hydrogens (tertiary/aromatic N) is 1. The minimum Gasteiger partial charge on any atom is -0.481 e. The number of amides is 1. The summed E-state index contributed by atoms with van der Waals surface area (Å²) < 4.78 is 5.78. The van der Waals surface area contributed by atoms with Crippen LogP contribution in [-0.2, 0) is 14.3 Å². The van der Waals surface area contributed by atoms with Crippen LogP contribution in [0.4, 0.5) is 0 Å². The average Bonchev–Trinajstić information content (AvgIpc) is 2.95. The number of likely N-dealkylation sites (tertiary alicyclic amines) is 1. The molecular weight excluding hydrogens is 234 g/mol. The molecule has 3 heterocycles. The van der Waals surface area contributed by atoms with E-state index in [9.17, 15) is 14.7 Å². The first-order valence-corrected chi connectivity index (χ1v) is 6.48. The standard InChI is InChI=1S/C13H17NO4/c1-2-3-6-14-7-13-5-4-8(18-13)9(12(16)17)10(13)11(14)15/h4-5,8-10H,2-3,6-7H2,1H3,(H,16,17)/t8-,9+,10+,13-/m1/s1. The molecule has 1 amide bonds. The lowest BCUT2D eigenvalue weighted by atomic mass is 9.77. The minimum atomic E-state index is -0.929. The Hall–Kier alpha value is -1.36. The van der Waals surface area contributed by atoms with Gasteiger partial charge in [-0.1, -0.05) is 25.5 Å². The molecule has 0 unspecified atom stereocenters. The highest BCUT2D eigenvalue weighted by Crippen LogP contribution is 2.51. The van der Waals surface area contributed by atoms with Crippen molar-refractivity contribution in [2.24, 2.45) is 11.8 Å². The van der Waals surface area contributed by atoms with Gasteiger partial charge in [-0.2, -0.15) is 0 Å².